The standard InChI is InChI=1S/C89H141N27O24S4/c1-43(2)67(112-76(129)57(29-35-144-9)105-79(132)61(41-141)110-72(125)54(19-13-31-98-88(93)94)103-73(126)56(28-34-143-8)106-84(137)70(46(7)117)115-71(124)51(90)38-66(122)123)82(135)101-40-64(119)102-53(18-12-30-97-87(91)92)74(127)113-68(44(3)4)83(136)109-59(36-47-22-24-49(118)25-23-47)77(130)107-58(20-14-32-99-89(95)96)85(138)116-33-15-21-63(116)81(134)111-62(42-142)80(133)108-60(37-48-39-100-52-17-11-10-16-50(48)52)78(131)104-55(26-27-65(120)121)75(128)114-69(45(5)6)86(139)140/h10-11,16-17,22-25,39,43-46,51,53-63,67-70,100,117-118,141-142H,12-15,18-21,26-38,40-42,90H2,1-9H3,(H,101,135)(H,102,119)(H,103,126)(H,104,131)(H,105,132)(H,106,137)(H,107,130)(H,108,133)(H,109,136)(H,110,125)(H,111,134)(H,112,129)(H,113,127)(H,114,128)(H,115,124)(H,120,121)(H,122,123)(H,139,140)(H4,91,92,97)(H4,93,94,98)(H4,95,96,99)/t46-,51+,53+,54+,55+,56+,57+,58+,59+,60+,61+,62+,63+,67+,68+,69+,70+/m1/s1. The molecule has 0 spiro atoms. The average Bonchev–Trinajstić information content (AvgIpc) is 1.66. The predicted molar refractivity (Wildman–Crippen MR) is 541 cm³/mol. The molecule has 2 aromatic carbocycles. The van der Waals surface area contributed by atoms with E-state index in [1.807, 2.05) is 0 Å². The number of amides is 16. The maximum Gasteiger partial charge on any atom is 0.326 e. The van der Waals surface area contributed by atoms with E-state index in [0.29, 0.717) is 22.0 Å². The van der Waals surface area contributed by atoms with Gasteiger partial charge in [-0.05, 0) is 149 Å². The second-order valence-corrected chi connectivity index (χ2v) is 38.0. The summed E-state index contributed by atoms with van der Waals surface area (Å²) < 4.78 is 0. The minimum absolute atomic E-state index is 0.00811. The van der Waals surface area contributed by atoms with Gasteiger partial charge in [-0.1, -0.05) is 71.9 Å². The van der Waals surface area contributed by atoms with Crippen LogP contribution in [-0.2, 0) is 104 Å². The Labute approximate surface area is 851 Å². The van der Waals surface area contributed by atoms with Gasteiger partial charge in [-0.15, -0.1) is 0 Å². The molecule has 3 aromatic rings. The number of hydrogen-bond donors (Lipinski definition) is 33. The van der Waals surface area contributed by atoms with Gasteiger partial charge in [-0.3, -0.25) is 103 Å². The van der Waals surface area contributed by atoms with Crippen LogP contribution >= 0.6 is 48.8 Å². The van der Waals surface area contributed by atoms with Gasteiger partial charge in [0.2, 0.25) is 94.5 Å². The maximum atomic E-state index is 15.2. The number of guanidine groups is 3. The molecule has 1 aliphatic rings. The molecule has 51 nitrogen and oxygen atoms in total. The second kappa shape index (κ2) is 63.1. The van der Waals surface area contributed by atoms with Crippen LogP contribution in [0.3, 0.4) is 0 Å². The first-order chi connectivity index (χ1) is 67.9. The number of nitrogens with two attached hydrogens (primary N) is 4. The van der Waals surface area contributed by atoms with Gasteiger partial charge in [-0.25, -0.2) is 4.79 Å². The van der Waals surface area contributed by atoms with Crippen LogP contribution in [0.5, 0.6) is 5.75 Å². The lowest BCUT2D eigenvalue weighted by Gasteiger charge is -2.31. The number of thioether (sulfide) groups is 2. The number of hydrogen-bond acceptors (Lipinski definition) is 29. The number of para-hydroxylation sites is 1. The van der Waals surface area contributed by atoms with Gasteiger partial charge in [0.1, 0.15) is 96.4 Å². The van der Waals surface area contributed by atoms with Crippen molar-refractivity contribution in [2.45, 2.75) is 248 Å². The zero-order chi connectivity index (χ0) is 108. The third kappa shape index (κ3) is 42.8. The van der Waals surface area contributed by atoms with Crippen molar-refractivity contribution in [2.75, 3.05) is 68.2 Å². The number of aliphatic hydroxyl groups excluding tert-OH is 1. The van der Waals surface area contributed by atoms with Crippen LogP contribution in [-0.4, -0.2) is 337 Å². The van der Waals surface area contributed by atoms with Crippen molar-refractivity contribution in [3.8, 4) is 5.75 Å². The Morgan fingerprint density at radius 2 is 0.847 bits per heavy atom. The molecule has 0 radical (unpaired) electrons. The Hall–Kier alpha value is -13.2. The molecule has 1 saturated heterocycles. The van der Waals surface area contributed by atoms with Crippen molar-refractivity contribution in [3.63, 3.8) is 0 Å². The molecule has 16 amide bonds. The lowest BCUT2D eigenvalue weighted by molar-refractivity contribution is -0.144. The topological polar surface area (TPSA) is 837 Å². The number of H-pyrrole nitrogens is 1. The van der Waals surface area contributed by atoms with Crippen LogP contribution in [0.15, 0.2) is 54.7 Å². The summed E-state index contributed by atoms with van der Waals surface area (Å²) in [6.45, 7) is 9.45. The molecule has 1 aliphatic heterocycles. The summed E-state index contributed by atoms with van der Waals surface area (Å²) in [5.41, 5.74) is 23.8. The number of nitrogens with zero attached hydrogens (tertiary/aromatic N) is 1. The lowest BCUT2D eigenvalue weighted by Crippen LogP contribution is -2.61. The number of phenols is 1. The van der Waals surface area contributed by atoms with Gasteiger partial charge in [0.25, 0.3) is 0 Å². The van der Waals surface area contributed by atoms with Crippen molar-refractivity contribution < 1.29 is 117 Å². The fourth-order valence-electron chi connectivity index (χ4n) is 14.9. The van der Waals surface area contributed by atoms with Gasteiger partial charge in [0.05, 0.1) is 25.1 Å². The summed E-state index contributed by atoms with van der Waals surface area (Å²) in [6.07, 6.45) is 0.449. The predicted octanol–water partition coefficient (Wildman–Crippen LogP) is -6.19. The number of phenolic OH excluding ortho intramolecular Hbond substituents is 1. The molecule has 35 N–H and O–H groups in total. The summed E-state index contributed by atoms with van der Waals surface area (Å²) in [5, 5.41) is 119. The summed E-state index contributed by atoms with van der Waals surface area (Å²) in [4.78, 5) is 269. The van der Waals surface area contributed by atoms with Crippen LogP contribution < -0.4 is 119 Å². The van der Waals surface area contributed by atoms with Crippen molar-refractivity contribution in [1.82, 2.24) is 106 Å². The van der Waals surface area contributed by atoms with Gasteiger partial charge >= 0.3 is 17.9 Å². The van der Waals surface area contributed by atoms with Gasteiger partial charge in [0.15, 0.2) is 17.9 Å². The van der Waals surface area contributed by atoms with Crippen molar-refractivity contribution in [1.29, 1.82) is 16.2 Å². The summed E-state index contributed by atoms with van der Waals surface area (Å²) in [7, 11) is 0. The van der Waals surface area contributed by atoms with Gasteiger partial charge in [0, 0.05) is 74.0 Å². The minimum atomic E-state index is -1.74. The molecule has 55 heteroatoms. The van der Waals surface area contributed by atoms with E-state index in [-0.39, 0.29) is 120 Å². The van der Waals surface area contributed by atoms with Crippen LogP contribution in [0.25, 0.3) is 10.9 Å². The third-order valence-electron chi connectivity index (χ3n) is 22.8. The molecule has 0 saturated carbocycles. The molecular formula is C89H141N27O24S4. The highest BCUT2D eigenvalue weighted by Gasteiger charge is 2.43. The number of carbonyl (C=O) groups excluding carboxylic acids is 16. The van der Waals surface area contributed by atoms with Crippen molar-refractivity contribution >= 4 is 190 Å². The average molecular weight is 2100 g/mol. The number of nitrogens with one attached hydrogen (secondary N) is 22. The third-order valence-corrected chi connectivity index (χ3v) is 24.8. The van der Waals surface area contributed by atoms with Crippen LogP contribution in [0.2, 0.25) is 0 Å². The summed E-state index contributed by atoms with van der Waals surface area (Å²) >= 11 is 11.2. The molecule has 144 heavy (non-hydrogen) atoms. The minimum Gasteiger partial charge on any atom is -0.508 e. The smallest absolute Gasteiger partial charge is 0.326 e. The number of carboxylic acids is 3. The molecule has 4 rings (SSSR count). The van der Waals surface area contributed by atoms with E-state index in [1.165, 1.54) is 66.5 Å². The number of aromatic amines is 1. The number of aromatic hydroxyl groups is 1. The molecule has 0 aliphatic carbocycles. The zero-order valence-corrected chi connectivity index (χ0v) is 85.1. The van der Waals surface area contributed by atoms with Crippen molar-refractivity contribution in [2.24, 2.45) is 40.7 Å². The molecule has 17 atom stereocenters. The fraction of sp³-hybridized carbons (Fsp3) is 0.596. The largest absolute Gasteiger partial charge is 0.508 e. The molecule has 1 fully saturated rings. The Bertz CT molecular complexity index is 4920. The first-order valence-corrected chi connectivity index (χ1v) is 50.7. The Morgan fingerprint density at radius 3 is 1.32 bits per heavy atom. The Morgan fingerprint density at radius 1 is 0.451 bits per heavy atom. The lowest BCUT2D eigenvalue weighted by atomic mass is 9.99. The van der Waals surface area contributed by atoms with Crippen LogP contribution in [0.1, 0.15) is 143 Å². The van der Waals surface area contributed by atoms with E-state index in [2.05, 4.69) is 126 Å². The first kappa shape index (κ1) is 123. The van der Waals surface area contributed by atoms with Crippen LogP contribution in [0, 0.1) is 34.0 Å². The number of benzene rings is 2. The number of carbonyl (C=O) groups is 19. The van der Waals surface area contributed by atoms with Crippen molar-refractivity contribution in [3.05, 3.63) is 65.9 Å². The van der Waals surface area contributed by atoms with E-state index in [1.54, 1.807) is 70.7 Å². The van der Waals surface area contributed by atoms with E-state index in [4.69, 9.17) is 44.3 Å². The Kier molecular flexibility index (Phi) is 53.9. The van der Waals surface area contributed by atoms with E-state index < -0.39 is 288 Å². The number of thiol groups is 2. The monoisotopic (exact) mass is 2100 g/mol. The summed E-state index contributed by atoms with van der Waals surface area (Å²) in [6, 6.07) is -12.0. The molecule has 800 valence electrons. The maximum absolute atomic E-state index is 15.2. The number of likely N-dealkylation sites (tertiary alicyclic amines) is 1. The SMILES string of the molecule is CSCC[C@H](NC(=O)[C@H](CS)NC(=O)[C@H](CCCNC(=N)N)NC(=O)[C@H](CCSC)NC(=O)[C@@H](NC(=O)[C@@H](N)CC(=O)O)[C@@H](C)O)C(=O)N[C@H](C(=O)NCC(=O)N[C@@H](CCCNC(=N)N)C(=O)N[C@H](C(=O)N[C@@H](Cc1ccc(O)cc1)C(=O)N[C@@H](CCCNC(=N)N)C(=O)N1CCC[C@H]1C(=O)N[C@@H](CS)C(=O)N[C@@H](Cc1c[nH]c2ccccc12)C(=O)N[C@@H](CCC(=O)O)C(=O)N[C@H](C(=O)O)C(C)C)C(C)C)C(C)C. The number of fused-ring (bicyclic) bond motifs is 1. The number of aliphatic carboxylic acids is 3. The fourth-order valence-corrected chi connectivity index (χ4v) is 16.3. The van der Waals surface area contributed by atoms with Crippen LogP contribution in [0.4, 0.5) is 0 Å². The molecule has 0 bridgehead atoms. The summed E-state index contributed by atoms with van der Waals surface area (Å²) in [5.74, 6) is -23.7. The number of aromatic nitrogens is 1. The van der Waals surface area contributed by atoms with E-state index >= 15 is 9.59 Å². The Balaban J connectivity index is 1.59. The molecule has 2 heterocycles. The second-order valence-electron chi connectivity index (χ2n) is 35.3. The highest BCUT2D eigenvalue weighted by molar-refractivity contribution is 7.98. The quantitative estimate of drug-likeness (QED) is 0.0108. The van der Waals surface area contributed by atoms with E-state index in [0.717, 1.165) is 6.92 Å². The number of aliphatic hydroxyl groups is 1. The van der Waals surface area contributed by atoms with E-state index in [9.17, 15) is 102 Å². The highest BCUT2D eigenvalue weighted by atomic mass is 32.2. The highest BCUT2D eigenvalue weighted by Crippen LogP contribution is 2.24. The number of rotatable bonds is 65. The molecule has 0 unspecified atom stereocenters. The molecular weight excluding hydrogens is 1960 g/mol. The zero-order valence-electron chi connectivity index (χ0n) is 81.7. The first-order valence-electron chi connectivity index (χ1n) is 46.6. The molecule has 1 aromatic heterocycles. The van der Waals surface area contributed by atoms with Gasteiger partial charge in [-0.2, -0.15) is 48.8 Å². The normalized spacial score (nSPS) is 15.6. The van der Waals surface area contributed by atoms with Gasteiger partial charge < -0.3 is 154 Å². The number of carboxylic acid groups (broad SMARTS) is 3.